The normalized spacial score (nSPS) is 13.0. The molecule has 0 atom stereocenters. The molecule has 7 heteroatoms. The predicted molar refractivity (Wildman–Crippen MR) is 89.7 cm³/mol. The summed E-state index contributed by atoms with van der Waals surface area (Å²) in [5.74, 6) is -0.566. The Balaban J connectivity index is 1.92. The van der Waals surface area contributed by atoms with Crippen molar-refractivity contribution in [1.29, 1.82) is 0 Å². The summed E-state index contributed by atoms with van der Waals surface area (Å²) in [7, 11) is 0. The lowest BCUT2D eigenvalue weighted by molar-refractivity contribution is -0.121. The number of carbonyl (C=O) groups excluding carboxylic acids is 2. The lowest BCUT2D eigenvalue weighted by Gasteiger charge is -2.29. The Bertz CT molecular complexity index is 814. The number of carbonyl (C=O) groups is 2. The SMILES string of the molecule is NC(N)=NC(=O)c1ccc2c(c1)OCC(=O)N2Cc1ccccc1. The highest BCUT2D eigenvalue weighted by molar-refractivity contribution is 6.04. The molecule has 1 aliphatic rings. The summed E-state index contributed by atoms with van der Waals surface area (Å²) in [6.07, 6.45) is 0. The van der Waals surface area contributed by atoms with E-state index in [2.05, 4.69) is 4.99 Å². The van der Waals surface area contributed by atoms with Gasteiger partial charge in [-0.05, 0) is 23.8 Å². The molecule has 0 aliphatic carbocycles. The van der Waals surface area contributed by atoms with Gasteiger partial charge in [0.15, 0.2) is 12.6 Å². The molecule has 2 aromatic carbocycles. The summed E-state index contributed by atoms with van der Waals surface area (Å²) < 4.78 is 5.45. The number of anilines is 1. The van der Waals surface area contributed by atoms with Gasteiger partial charge in [0.2, 0.25) is 0 Å². The smallest absolute Gasteiger partial charge is 0.280 e. The van der Waals surface area contributed by atoms with Crippen molar-refractivity contribution in [1.82, 2.24) is 0 Å². The number of amides is 2. The van der Waals surface area contributed by atoms with Crippen LogP contribution in [0.2, 0.25) is 0 Å². The molecule has 24 heavy (non-hydrogen) atoms. The number of nitrogens with two attached hydrogens (primary N) is 2. The van der Waals surface area contributed by atoms with Gasteiger partial charge in [0.05, 0.1) is 12.2 Å². The second kappa shape index (κ2) is 6.41. The van der Waals surface area contributed by atoms with Crippen LogP contribution >= 0.6 is 0 Å². The van der Waals surface area contributed by atoms with Gasteiger partial charge in [0, 0.05) is 5.56 Å². The maximum Gasteiger partial charge on any atom is 0.280 e. The van der Waals surface area contributed by atoms with Gasteiger partial charge in [-0.2, -0.15) is 4.99 Å². The molecular formula is C17H16N4O3. The van der Waals surface area contributed by atoms with E-state index < -0.39 is 5.91 Å². The van der Waals surface area contributed by atoms with Gasteiger partial charge in [-0.25, -0.2) is 0 Å². The number of hydrogen-bond acceptors (Lipinski definition) is 3. The van der Waals surface area contributed by atoms with E-state index in [-0.39, 0.29) is 24.0 Å². The fourth-order valence-electron chi connectivity index (χ4n) is 2.46. The van der Waals surface area contributed by atoms with E-state index in [0.717, 1.165) is 5.56 Å². The molecule has 0 saturated carbocycles. The predicted octanol–water partition coefficient (Wildman–Crippen LogP) is 1.03. The van der Waals surface area contributed by atoms with E-state index in [1.807, 2.05) is 30.3 Å². The van der Waals surface area contributed by atoms with Crippen molar-refractivity contribution in [2.24, 2.45) is 16.5 Å². The number of benzene rings is 2. The van der Waals surface area contributed by atoms with Gasteiger partial charge >= 0.3 is 0 Å². The summed E-state index contributed by atoms with van der Waals surface area (Å²) >= 11 is 0. The van der Waals surface area contributed by atoms with Crippen LogP contribution in [0.25, 0.3) is 0 Å². The van der Waals surface area contributed by atoms with E-state index in [1.54, 1.807) is 17.0 Å². The first-order valence-electron chi connectivity index (χ1n) is 7.29. The fourth-order valence-corrected chi connectivity index (χ4v) is 2.46. The molecule has 1 heterocycles. The molecule has 0 aromatic heterocycles. The minimum absolute atomic E-state index is 0.0836. The summed E-state index contributed by atoms with van der Waals surface area (Å²) in [5.41, 5.74) is 12.3. The summed E-state index contributed by atoms with van der Waals surface area (Å²) in [4.78, 5) is 29.2. The lowest BCUT2D eigenvalue weighted by Crippen LogP contribution is -2.38. The Kier molecular flexibility index (Phi) is 4.15. The van der Waals surface area contributed by atoms with Crippen molar-refractivity contribution >= 4 is 23.5 Å². The van der Waals surface area contributed by atoms with Crippen molar-refractivity contribution in [2.75, 3.05) is 11.5 Å². The van der Waals surface area contributed by atoms with E-state index in [9.17, 15) is 9.59 Å². The van der Waals surface area contributed by atoms with Gasteiger partial charge in [-0.1, -0.05) is 30.3 Å². The molecule has 122 valence electrons. The van der Waals surface area contributed by atoms with Crippen molar-refractivity contribution in [3.8, 4) is 5.75 Å². The van der Waals surface area contributed by atoms with Crippen LogP contribution in [0.15, 0.2) is 53.5 Å². The Morgan fingerprint density at radius 2 is 1.92 bits per heavy atom. The van der Waals surface area contributed by atoms with Crippen molar-refractivity contribution in [3.63, 3.8) is 0 Å². The topological polar surface area (TPSA) is 111 Å². The fraction of sp³-hybridized carbons (Fsp3) is 0.118. The molecule has 2 aromatic rings. The number of hydrogen-bond donors (Lipinski definition) is 2. The van der Waals surface area contributed by atoms with Crippen molar-refractivity contribution in [2.45, 2.75) is 6.54 Å². The maximum absolute atomic E-state index is 12.2. The summed E-state index contributed by atoms with van der Waals surface area (Å²) in [5, 5.41) is 0. The molecule has 0 fully saturated rings. The summed E-state index contributed by atoms with van der Waals surface area (Å²) in [6.45, 7) is 0.344. The average molecular weight is 324 g/mol. The van der Waals surface area contributed by atoms with Gasteiger partial charge < -0.3 is 21.1 Å². The average Bonchev–Trinajstić information content (AvgIpc) is 2.57. The molecule has 0 spiro atoms. The third kappa shape index (κ3) is 3.19. The van der Waals surface area contributed by atoms with Crippen LogP contribution in [0.3, 0.4) is 0 Å². The molecule has 4 N–H and O–H groups in total. The van der Waals surface area contributed by atoms with Crippen LogP contribution in [-0.2, 0) is 11.3 Å². The number of guanidine groups is 1. The van der Waals surface area contributed by atoms with Crippen LogP contribution in [-0.4, -0.2) is 24.4 Å². The Morgan fingerprint density at radius 1 is 1.17 bits per heavy atom. The minimum Gasteiger partial charge on any atom is -0.482 e. The van der Waals surface area contributed by atoms with Crippen LogP contribution in [0.4, 0.5) is 5.69 Å². The third-order valence-corrected chi connectivity index (χ3v) is 3.56. The zero-order valence-electron chi connectivity index (χ0n) is 12.8. The maximum atomic E-state index is 12.2. The molecule has 2 amide bonds. The molecule has 3 rings (SSSR count). The largest absolute Gasteiger partial charge is 0.482 e. The first-order valence-corrected chi connectivity index (χ1v) is 7.29. The minimum atomic E-state index is -0.562. The Labute approximate surface area is 138 Å². The zero-order valence-corrected chi connectivity index (χ0v) is 12.8. The zero-order chi connectivity index (χ0) is 17.1. The van der Waals surface area contributed by atoms with Crippen molar-refractivity contribution in [3.05, 3.63) is 59.7 Å². The third-order valence-electron chi connectivity index (χ3n) is 3.56. The van der Waals surface area contributed by atoms with Crippen LogP contribution in [0.1, 0.15) is 15.9 Å². The monoisotopic (exact) mass is 324 g/mol. The van der Waals surface area contributed by atoms with Crippen LogP contribution in [0, 0.1) is 0 Å². The van der Waals surface area contributed by atoms with Gasteiger partial charge in [-0.3, -0.25) is 9.59 Å². The van der Waals surface area contributed by atoms with Crippen LogP contribution < -0.4 is 21.1 Å². The first-order chi connectivity index (χ1) is 11.5. The van der Waals surface area contributed by atoms with E-state index >= 15 is 0 Å². The highest BCUT2D eigenvalue weighted by Crippen LogP contribution is 2.34. The number of nitrogens with zero attached hydrogens (tertiary/aromatic N) is 2. The molecule has 1 aliphatic heterocycles. The number of ether oxygens (including phenoxy) is 1. The summed E-state index contributed by atoms with van der Waals surface area (Å²) in [6, 6.07) is 14.4. The first kappa shape index (κ1) is 15.5. The number of rotatable bonds is 3. The number of aliphatic imine (C=N–C) groups is 1. The van der Waals surface area contributed by atoms with Gasteiger partial charge in [-0.15, -0.1) is 0 Å². The lowest BCUT2D eigenvalue weighted by atomic mass is 10.1. The highest BCUT2D eigenvalue weighted by Gasteiger charge is 2.26. The van der Waals surface area contributed by atoms with Crippen molar-refractivity contribution < 1.29 is 14.3 Å². The number of fused-ring (bicyclic) bond motifs is 1. The molecule has 0 radical (unpaired) electrons. The Hall–Kier alpha value is -3.35. The second-order valence-corrected chi connectivity index (χ2v) is 5.28. The molecule has 7 nitrogen and oxygen atoms in total. The Morgan fingerprint density at radius 3 is 2.62 bits per heavy atom. The standard InChI is InChI=1S/C17H16N4O3/c18-17(19)20-16(23)12-6-7-13-14(8-12)24-10-15(22)21(13)9-11-4-2-1-3-5-11/h1-8H,9-10H2,(H4,18,19,20,23). The van der Waals surface area contributed by atoms with Gasteiger partial charge in [0.25, 0.3) is 11.8 Å². The quantitative estimate of drug-likeness (QED) is 0.647. The van der Waals surface area contributed by atoms with E-state index in [1.165, 1.54) is 6.07 Å². The highest BCUT2D eigenvalue weighted by atomic mass is 16.5. The van der Waals surface area contributed by atoms with E-state index in [4.69, 9.17) is 16.2 Å². The second-order valence-electron chi connectivity index (χ2n) is 5.28. The molecule has 0 bridgehead atoms. The van der Waals surface area contributed by atoms with E-state index in [0.29, 0.717) is 18.0 Å². The molecule has 0 unspecified atom stereocenters. The van der Waals surface area contributed by atoms with Gasteiger partial charge in [0.1, 0.15) is 5.75 Å². The molecular weight excluding hydrogens is 308 g/mol. The molecule has 0 saturated heterocycles. The van der Waals surface area contributed by atoms with Crippen LogP contribution in [0.5, 0.6) is 5.75 Å².